The van der Waals surface area contributed by atoms with Crippen LogP contribution < -0.4 is 10.1 Å². The zero-order valence-electron chi connectivity index (χ0n) is 14.2. The van der Waals surface area contributed by atoms with Crippen LogP contribution in [0.15, 0.2) is 48.5 Å². The van der Waals surface area contributed by atoms with Crippen molar-refractivity contribution in [2.75, 3.05) is 5.32 Å². The molecule has 1 amide bonds. The van der Waals surface area contributed by atoms with Crippen molar-refractivity contribution in [3.05, 3.63) is 54.3 Å². The predicted octanol–water partition coefficient (Wildman–Crippen LogP) is 3.99. The predicted molar refractivity (Wildman–Crippen MR) is 95.1 cm³/mol. The first-order chi connectivity index (χ1) is 12.1. The average Bonchev–Trinajstić information content (AvgIpc) is 2.95. The molecule has 3 aromatic rings. The van der Waals surface area contributed by atoms with E-state index in [1.165, 1.54) is 24.3 Å². The molecule has 25 heavy (non-hydrogen) atoms. The molecule has 1 aromatic heterocycles. The van der Waals surface area contributed by atoms with Crippen molar-refractivity contribution in [1.82, 2.24) is 9.55 Å². The summed E-state index contributed by atoms with van der Waals surface area (Å²) in [4.78, 5) is 17.0. The van der Waals surface area contributed by atoms with Crippen molar-refractivity contribution < 1.29 is 13.9 Å². The van der Waals surface area contributed by atoms with E-state index in [1.54, 1.807) is 6.92 Å². The van der Waals surface area contributed by atoms with Crippen LogP contribution in [0.25, 0.3) is 11.0 Å². The number of hydrogen-bond donors (Lipinski definition) is 1. The molecule has 0 saturated heterocycles. The summed E-state index contributed by atoms with van der Waals surface area (Å²) in [6, 6.07) is 13.3. The zero-order chi connectivity index (χ0) is 17.8. The van der Waals surface area contributed by atoms with Crippen LogP contribution in [-0.2, 0) is 11.3 Å². The number of carbonyl (C=O) groups is 1. The van der Waals surface area contributed by atoms with Gasteiger partial charge in [0, 0.05) is 6.54 Å². The maximum atomic E-state index is 12.9. The van der Waals surface area contributed by atoms with Crippen LogP contribution in [0.1, 0.15) is 20.3 Å². The largest absolute Gasteiger partial charge is 0.481 e. The summed E-state index contributed by atoms with van der Waals surface area (Å²) in [7, 11) is 0. The van der Waals surface area contributed by atoms with E-state index in [9.17, 15) is 9.18 Å². The summed E-state index contributed by atoms with van der Waals surface area (Å²) in [5, 5.41) is 2.83. The summed E-state index contributed by atoms with van der Waals surface area (Å²) in [5.41, 5.74) is 1.81. The normalized spacial score (nSPS) is 12.1. The Balaban J connectivity index is 1.76. The Kier molecular flexibility index (Phi) is 4.97. The van der Waals surface area contributed by atoms with Gasteiger partial charge in [-0.25, -0.2) is 9.37 Å². The molecular formula is C19H20FN3O2. The number of carbonyl (C=O) groups excluding carboxylic acids is 1. The summed E-state index contributed by atoms with van der Waals surface area (Å²) in [6.45, 7) is 4.47. The van der Waals surface area contributed by atoms with Gasteiger partial charge >= 0.3 is 0 Å². The van der Waals surface area contributed by atoms with Gasteiger partial charge in [-0.3, -0.25) is 10.1 Å². The molecule has 0 saturated carbocycles. The number of halogens is 1. The van der Waals surface area contributed by atoms with Crippen LogP contribution in [0.4, 0.5) is 10.3 Å². The quantitative estimate of drug-likeness (QED) is 0.737. The summed E-state index contributed by atoms with van der Waals surface area (Å²) < 4.78 is 20.5. The monoisotopic (exact) mass is 341 g/mol. The van der Waals surface area contributed by atoms with Crippen LogP contribution in [0.5, 0.6) is 5.75 Å². The van der Waals surface area contributed by atoms with Gasteiger partial charge in [0.2, 0.25) is 5.95 Å². The Morgan fingerprint density at radius 2 is 1.96 bits per heavy atom. The zero-order valence-corrected chi connectivity index (χ0v) is 14.2. The fraction of sp³-hybridized carbons (Fsp3) is 0.263. The van der Waals surface area contributed by atoms with Crippen LogP contribution in [0.2, 0.25) is 0 Å². The smallest absolute Gasteiger partial charge is 0.267 e. The molecule has 6 heteroatoms. The van der Waals surface area contributed by atoms with Gasteiger partial charge in [-0.2, -0.15) is 0 Å². The van der Waals surface area contributed by atoms with Gasteiger partial charge in [-0.15, -0.1) is 0 Å². The lowest BCUT2D eigenvalue weighted by atomic mass is 10.3. The molecule has 0 aliphatic heterocycles. The van der Waals surface area contributed by atoms with Crippen molar-refractivity contribution in [3.63, 3.8) is 0 Å². The fourth-order valence-corrected chi connectivity index (χ4v) is 2.60. The number of fused-ring (bicyclic) bond motifs is 1. The van der Waals surface area contributed by atoms with Gasteiger partial charge in [-0.05, 0) is 49.7 Å². The third-order valence-corrected chi connectivity index (χ3v) is 3.83. The molecule has 0 aliphatic carbocycles. The number of imidazole rings is 1. The molecule has 130 valence electrons. The molecule has 3 rings (SSSR count). The lowest BCUT2D eigenvalue weighted by Gasteiger charge is -2.15. The Morgan fingerprint density at radius 1 is 1.24 bits per heavy atom. The van der Waals surface area contributed by atoms with E-state index in [0.29, 0.717) is 11.7 Å². The van der Waals surface area contributed by atoms with Crippen molar-refractivity contribution >= 4 is 22.9 Å². The topological polar surface area (TPSA) is 56.2 Å². The minimum absolute atomic E-state index is 0.308. The average molecular weight is 341 g/mol. The SMILES string of the molecule is CCCn1c(NC(=O)C(C)Oc2ccc(F)cc2)nc2ccccc21. The van der Waals surface area contributed by atoms with Crippen LogP contribution in [0, 0.1) is 5.82 Å². The molecule has 1 unspecified atom stereocenters. The molecular weight excluding hydrogens is 321 g/mol. The number of aromatic nitrogens is 2. The van der Waals surface area contributed by atoms with Crippen LogP contribution in [-0.4, -0.2) is 21.6 Å². The first kappa shape index (κ1) is 17.0. The summed E-state index contributed by atoms with van der Waals surface area (Å²) >= 11 is 0. The summed E-state index contributed by atoms with van der Waals surface area (Å²) in [5.74, 6) is 0.281. The first-order valence-electron chi connectivity index (χ1n) is 8.27. The lowest BCUT2D eigenvalue weighted by molar-refractivity contribution is -0.122. The number of aryl methyl sites for hydroxylation is 1. The molecule has 0 aliphatic rings. The lowest BCUT2D eigenvalue weighted by Crippen LogP contribution is -2.31. The fourth-order valence-electron chi connectivity index (χ4n) is 2.60. The van der Waals surface area contributed by atoms with Gasteiger partial charge in [0.15, 0.2) is 6.10 Å². The number of amides is 1. The van der Waals surface area contributed by atoms with E-state index in [1.807, 2.05) is 28.8 Å². The maximum Gasteiger partial charge on any atom is 0.267 e. The standard InChI is InChI=1S/C19H20FN3O2/c1-3-12-23-17-7-5-4-6-16(17)21-19(23)22-18(24)13(2)25-15-10-8-14(20)9-11-15/h4-11,13H,3,12H2,1-2H3,(H,21,22,24). The van der Waals surface area contributed by atoms with Crippen LogP contribution in [0.3, 0.4) is 0 Å². The number of rotatable bonds is 6. The third kappa shape index (κ3) is 3.79. The molecule has 5 nitrogen and oxygen atoms in total. The molecule has 1 atom stereocenters. The molecule has 0 radical (unpaired) electrons. The van der Waals surface area contributed by atoms with E-state index < -0.39 is 6.10 Å². The highest BCUT2D eigenvalue weighted by molar-refractivity contribution is 5.94. The van der Waals surface area contributed by atoms with E-state index in [0.717, 1.165) is 24.0 Å². The van der Waals surface area contributed by atoms with Gasteiger partial charge in [-0.1, -0.05) is 19.1 Å². The number of nitrogens with one attached hydrogen (secondary N) is 1. The minimum Gasteiger partial charge on any atom is -0.481 e. The Morgan fingerprint density at radius 3 is 2.68 bits per heavy atom. The molecule has 1 heterocycles. The van der Waals surface area contributed by atoms with E-state index in [4.69, 9.17) is 4.74 Å². The van der Waals surface area contributed by atoms with Gasteiger partial charge in [0.1, 0.15) is 11.6 Å². The van der Waals surface area contributed by atoms with Gasteiger partial charge in [0.25, 0.3) is 5.91 Å². The number of ether oxygens (including phenoxy) is 1. The third-order valence-electron chi connectivity index (χ3n) is 3.83. The number of anilines is 1. The highest BCUT2D eigenvalue weighted by Gasteiger charge is 2.18. The Hall–Kier alpha value is -2.89. The van der Waals surface area contributed by atoms with E-state index in [-0.39, 0.29) is 11.7 Å². The Labute approximate surface area is 145 Å². The molecule has 1 N–H and O–H groups in total. The van der Waals surface area contributed by atoms with E-state index >= 15 is 0 Å². The van der Waals surface area contributed by atoms with Crippen molar-refractivity contribution in [3.8, 4) is 5.75 Å². The minimum atomic E-state index is -0.736. The number of hydrogen-bond acceptors (Lipinski definition) is 3. The van der Waals surface area contributed by atoms with Crippen molar-refractivity contribution in [2.24, 2.45) is 0 Å². The maximum absolute atomic E-state index is 12.9. The second-order valence-electron chi connectivity index (χ2n) is 5.78. The summed E-state index contributed by atoms with van der Waals surface area (Å²) in [6.07, 6.45) is 0.186. The molecule has 0 fully saturated rings. The van der Waals surface area contributed by atoms with E-state index in [2.05, 4.69) is 17.2 Å². The molecule has 2 aromatic carbocycles. The van der Waals surface area contributed by atoms with Crippen molar-refractivity contribution in [2.45, 2.75) is 32.9 Å². The highest BCUT2D eigenvalue weighted by atomic mass is 19.1. The highest BCUT2D eigenvalue weighted by Crippen LogP contribution is 2.20. The van der Waals surface area contributed by atoms with Crippen molar-refractivity contribution in [1.29, 1.82) is 0 Å². The van der Waals surface area contributed by atoms with Crippen LogP contribution >= 0.6 is 0 Å². The molecule has 0 bridgehead atoms. The first-order valence-corrected chi connectivity index (χ1v) is 8.27. The molecule has 0 spiro atoms. The van der Waals surface area contributed by atoms with Gasteiger partial charge in [0.05, 0.1) is 11.0 Å². The number of benzene rings is 2. The second-order valence-corrected chi connectivity index (χ2v) is 5.78. The second kappa shape index (κ2) is 7.34. The Bertz CT molecular complexity index is 874. The number of nitrogens with zero attached hydrogens (tertiary/aromatic N) is 2. The number of para-hydroxylation sites is 2. The van der Waals surface area contributed by atoms with Gasteiger partial charge < -0.3 is 9.30 Å².